The molecule has 0 fully saturated rings. The van der Waals surface area contributed by atoms with Gasteiger partial charge in [0.2, 0.25) is 5.88 Å². The van der Waals surface area contributed by atoms with Crippen molar-refractivity contribution >= 4 is 28.3 Å². The van der Waals surface area contributed by atoms with Gasteiger partial charge in [0.15, 0.2) is 17.3 Å². The van der Waals surface area contributed by atoms with Crippen molar-refractivity contribution < 1.29 is 19.0 Å². The van der Waals surface area contributed by atoms with Crippen LogP contribution in [0.3, 0.4) is 0 Å². The van der Waals surface area contributed by atoms with Crippen molar-refractivity contribution in [2.24, 2.45) is 0 Å². The maximum Gasteiger partial charge on any atom is 0.282 e. The number of halogens is 1. The number of benzene rings is 3. The maximum atomic E-state index is 13.6. The first-order chi connectivity index (χ1) is 20.0. The predicted octanol–water partition coefficient (Wildman–Crippen LogP) is 5.81. The molecule has 0 amide bonds. The number of para-hydroxylation sites is 1. The number of Topliss-reactive ketones (excluding diaryl/α,β-unsaturated/α-hetero) is 1. The van der Waals surface area contributed by atoms with E-state index in [0.29, 0.717) is 57.6 Å². The zero-order valence-corrected chi connectivity index (χ0v) is 23.4. The molecule has 3 aromatic carbocycles. The summed E-state index contributed by atoms with van der Waals surface area (Å²) in [4.78, 5) is 35.7. The summed E-state index contributed by atoms with van der Waals surface area (Å²) in [6, 6.07) is 18.1. The van der Waals surface area contributed by atoms with Crippen molar-refractivity contribution in [2.75, 3.05) is 14.2 Å². The highest BCUT2D eigenvalue weighted by molar-refractivity contribution is 6.32. The van der Waals surface area contributed by atoms with Gasteiger partial charge in [0.25, 0.3) is 5.56 Å². The van der Waals surface area contributed by atoms with E-state index in [1.807, 2.05) is 35.0 Å². The summed E-state index contributed by atoms with van der Waals surface area (Å²) in [7, 11) is 3.10. The number of rotatable bonds is 8. The van der Waals surface area contributed by atoms with Gasteiger partial charge in [0.1, 0.15) is 17.6 Å². The van der Waals surface area contributed by atoms with E-state index in [4.69, 9.17) is 25.8 Å². The van der Waals surface area contributed by atoms with Crippen molar-refractivity contribution in [3.05, 3.63) is 99.2 Å². The Morgan fingerprint density at radius 3 is 2.49 bits per heavy atom. The third-order valence-electron chi connectivity index (χ3n) is 7.23. The maximum absolute atomic E-state index is 13.6. The minimum atomic E-state index is -0.285. The van der Waals surface area contributed by atoms with Crippen LogP contribution in [0.2, 0.25) is 5.02 Å². The molecule has 41 heavy (non-hydrogen) atoms. The zero-order chi connectivity index (χ0) is 28.5. The number of carbonyl (C=O) groups excluding carboxylic acids is 1. The molecule has 9 nitrogen and oxygen atoms in total. The van der Waals surface area contributed by atoms with Gasteiger partial charge in [0, 0.05) is 19.0 Å². The van der Waals surface area contributed by atoms with E-state index < -0.39 is 0 Å². The summed E-state index contributed by atoms with van der Waals surface area (Å²) in [5.41, 5.74) is 2.80. The number of ketones is 1. The predicted molar refractivity (Wildman–Crippen MR) is 155 cm³/mol. The Labute approximate surface area is 240 Å². The topological polar surface area (TPSA) is 97.5 Å². The third kappa shape index (κ3) is 4.93. The van der Waals surface area contributed by atoms with Crippen molar-refractivity contribution in [2.45, 2.75) is 32.2 Å². The summed E-state index contributed by atoms with van der Waals surface area (Å²) < 4.78 is 20.4. The molecule has 0 radical (unpaired) electrons. The molecule has 0 saturated heterocycles. The first-order valence-corrected chi connectivity index (χ1v) is 13.6. The number of hydrogen-bond donors (Lipinski definition) is 0. The summed E-state index contributed by atoms with van der Waals surface area (Å²) in [5, 5.41) is 0.928. The summed E-state index contributed by atoms with van der Waals surface area (Å²) >= 11 is 6.60. The number of methoxy groups -OCH3 is 2. The van der Waals surface area contributed by atoms with Gasteiger partial charge in [0.05, 0.1) is 41.5 Å². The number of ether oxygens (including phenoxy) is 3. The Kier molecular flexibility index (Phi) is 7.19. The number of fused-ring (bicyclic) bond motifs is 2. The molecular formula is C31H27ClN4O5. The standard InChI is InChI=1S/C31H27ClN4O5/c1-39-27-16-21-23(17-28(27)40-2)33-18-34-30(21)41-26-12-11-19(14-22(26)32)15-25(37)29-24-10-6-7-13-35(24)36(31(29)38)20-8-4-3-5-9-20/h3-5,8-9,11-12,14,16-18H,6-7,10,13,15H2,1-2H3. The van der Waals surface area contributed by atoms with E-state index in [9.17, 15) is 9.59 Å². The second-order valence-corrected chi connectivity index (χ2v) is 10.1. The monoisotopic (exact) mass is 570 g/mol. The van der Waals surface area contributed by atoms with Crippen molar-refractivity contribution in [3.63, 3.8) is 0 Å². The molecule has 3 heterocycles. The van der Waals surface area contributed by atoms with Gasteiger partial charge in [-0.05, 0) is 55.2 Å². The highest BCUT2D eigenvalue weighted by atomic mass is 35.5. The molecule has 10 heteroatoms. The number of hydrogen-bond acceptors (Lipinski definition) is 7. The molecule has 0 bridgehead atoms. The van der Waals surface area contributed by atoms with Crippen LogP contribution in [-0.2, 0) is 19.4 Å². The van der Waals surface area contributed by atoms with E-state index in [0.717, 1.165) is 24.2 Å². The fourth-order valence-corrected chi connectivity index (χ4v) is 5.54. The van der Waals surface area contributed by atoms with Gasteiger partial charge in [-0.25, -0.2) is 14.6 Å². The van der Waals surface area contributed by atoms with Gasteiger partial charge in [-0.2, -0.15) is 0 Å². The van der Waals surface area contributed by atoms with Crippen LogP contribution in [-0.4, -0.2) is 39.3 Å². The van der Waals surface area contributed by atoms with Gasteiger partial charge in [-0.3, -0.25) is 14.3 Å². The van der Waals surface area contributed by atoms with Crippen LogP contribution in [0.4, 0.5) is 0 Å². The quantitative estimate of drug-likeness (QED) is 0.217. The molecule has 1 aliphatic rings. The van der Waals surface area contributed by atoms with Gasteiger partial charge >= 0.3 is 0 Å². The van der Waals surface area contributed by atoms with E-state index in [2.05, 4.69) is 9.97 Å². The minimum Gasteiger partial charge on any atom is -0.493 e. The van der Waals surface area contributed by atoms with Crippen molar-refractivity contribution in [3.8, 4) is 28.8 Å². The molecule has 1 aliphatic heterocycles. The Morgan fingerprint density at radius 1 is 0.951 bits per heavy atom. The smallest absolute Gasteiger partial charge is 0.282 e. The van der Waals surface area contributed by atoms with Crippen molar-refractivity contribution in [1.29, 1.82) is 0 Å². The highest BCUT2D eigenvalue weighted by Crippen LogP contribution is 2.37. The first-order valence-electron chi connectivity index (χ1n) is 13.2. The Morgan fingerprint density at radius 2 is 1.73 bits per heavy atom. The number of aromatic nitrogens is 4. The summed E-state index contributed by atoms with van der Waals surface area (Å²) in [5.74, 6) is 1.48. The van der Waals surface area contributed by atoms with Crippen LogP contribution in [0, 0.1) is 0 Å². The molecule has 0 spiro atoms. The summed E-state index contributed by atoms with van der Waals surface area (Å²) in [6.45, 7) is 0.695. The van der Waals surface area contributed by atoms with Crippen LogP contribution in [0.1, 0.15) is 34.5 Å². The van der Waals surface area contributed by atoms with Crippen LogP contribution in [0.15, 0.2) is 71.8 Å². The lowest BCUT2D eigenvalue weighted by molar-refractivity contribution is 0.0990. The molecule has 6 rings (SSSR count). The number of carbonyl (C=O) groups is 1. The second-order valence-electron chi connectivity index (χ2n) is 9.72. The largest absolute Gasteiger partial charge is 0.493 e. The molecule has 0 atom stereocenters. The van der Waals surface area contributed by atoms with Gasteiger partial charge in [-0.15, -0.1) is 0 Å². The van der Waals surface area contributed by atoms with E-state index in [1.54, 1.807) is 49.2 Å². The van der Waals surface area contributed by atoms with Gasteiger partial charge < -0.3 is 14.2 Å². The molecule has 0 N–H and O–H groups in total. The minimum absolute atomic E-state index is 0.0362. The van der Waals surface area contributed by atoms with E-state index >= 15 is 0 Å². The van der Waals surface area contributed by atoms with Crippen LogP contribution >= 0.6 is 11.6 Å². The molecule has 2 aromatic heterocycles. The van der Waals surface area contributed by atoms with Crippen LogP contribution < -0.4 is 19.8 Å². The molecule has 0 saturated carbocycles. The van der Waals surface area contributed by atoms with E-state index in [-0.39, 0.29) is 23.3 Å². The van der Waals surface area contributed by atoms with Gasteiger partial charge in [-0.1, -0.05) is 35.9 Å². The molecule has 208 valence electrons. The summed E-state index contributed by atoms with van der Waals surface area (Å²) in [6.07, 6.45) is 4.01. The van der Waals surface area contributed by atoms with Crippen LogP contribution in [0.5, 0.6) is 23.1 Å². The Bertz CT molecular complexity index is 1830. The molecule has 5 aromatic rings. The van der Waals surface area contributed by atoms with E-state index in [1.165, 1.54) is 6.33 Å². The zero-order valence-electron chi connectivity index (χ0n) is 22.6. The fraction of sp³-hybridized carbons (Fsp3) is 0.226. The highest BCUT2D eigenvalue weighted by Gasteiger charge is 2.27. The lowest BCUT2D eigenvalue weighted by Gasteiger charge is -2.19. The SMILES string of the molecule is COc1cc2ncnc(Oc3ccc(CC(=O)c4c5n(n(-c6ccccc6)c4=O)CCCC5)cc3Cl)c2cc1OC. The average Bonchev–Trinajstić information content (AvgIpc) is 3.30. The molecule has 0 aliphatic carbocycles. The Balaban J connectivity index is 1.28. The Hall–Kier alpha value is -4.63. The number of nitrogens with zero attached hydrogens (tertiary/aromatic N) is 4. The average molecular weight is 571 g/mol. The van der Waals surface area contributed by atoms with Crippen LogP contribution in [0.25, 0.3) is 16.6 Å². The first kappa shape index (κ1) is 26.6. The van der Waals surface area contributed by atoms with Crippen molar-refractivity contribution in [1.82, 2.24) is 19.3 Å². The fourth-order valence-electron chi connectivity index (χ4n) is 5.29. The third-order valence-corrected chi connectivity index (χ3v) is 7.53. The second kappa shape index (κ2) is 11.1. The lowest BCUT2D eigenvalue weighted by Crippen LogP contribution is -2.24. The molecular weight excluding hydrogens is 544 g/mol. The normalized spacial score (nSPS) is 12.7. The molecule has 0 unspecified atom stereocenters. The lowest BCUT2D eigenvalue weighted by atomic mass is 9.99.